The molecule has 4 nitrogen and oxygen atoms in total. The first-order valence-corrected chi connectivity index (χ1v) is 7.71. The molecule has 0 spiro atoms. The van der Waals surface area contributed by atoms with Gasteiger partial charge in [-0.2, -0.15) is 13.9 Å². The summed E-state index contributed by atoms with van der Waals surface area (Å²) >= 11 is 5.99. The van der Waals surface area contributed by atoms with E-state index in [-0.39, 0.29) is 5.69 Å². The van der Waals surface area contributed by atoms with Gasteiger partial charge in [0.05, 0.1) is 11.2 Å². The molecule has 0 atom stereocenters. The summed E-state index contributed by atoms with van der Waals surface area (Å²) in [7, 11) is 0. The van der Waals surface area contributed by atoms with Gasteiger partial charge in [0.2, 0.25) is 0 Å². The standard InChI is InChI=1S/C16H13ClF2N4/c1-16(18,19)12-3-2-4-14(21-12)23-11-7-13(17)20-8-10(11)15(22-23)9-5-6-9/h2-4,7-9H,5-6H2,1H3. The Morgan fingerprint density at radius 1 is 1.30 bits per heavy atom. The van der Waals surface area contributed by atoms with Crippen molar-refractivity contribution in [2.45, 2.75) is 31.6 Å². The molecule has 4 rings (SSSR count). The highest BCUT2D eigenvalue weighted by Gasteiger charge is 2.30. The zero-order chi connectivity index (χ0) is 16.2. The lowest BCUT2D eigenvalue weighted by Gasteiger charge is -2.11. The molecule has 1 saturated carbocycles. The molecule has 0 saturated heterocycles. The van der Waals surface area contributed by atoms with E-state index >= 15 is 0 Å². The smallest absolute Gasteiger partial charge is 0.244 e. The van der Waals surface area contributed by atoms with E-state index in [9.17, 15) is 8.78 Å². The van der Waals surface area contributed by atoms with Gasteiger partial charge in [0.25, 0.3) is 5.92 Å². The molecule has 3 aromatic rings. The molecule has 0 aliphatic heterocycles. The van der Waals surface area contributed by atoms with E-state index in [1.807, 2.05) is 0 Å². The fourth-order valence-electron chi connectivity index (χ4n) is 2.63. The van der Waals surface area contributed by atoms with Gasteiger partial charge in [-0.15, -0.1) is 0 Å². The predicted molar refractivity (Wildman–Crippen MR) is 83.2 cm³/mol. The van der Waals surface area contributed by atoms with Crippen LogP contribution in [-0.2, 0) is 5.92 Å². The first-order chi connectivity index (χ1) is 10.9. The summed E-state index contributed by atoms with van der Waals surface area (Å²) in [4.78, 5) is 8.19. The molecule has 1 fully saturated rings. The Bertz CT molecular complexity index is 897. The van der Waals surface area contributed by atoms with Crippen molar-refractivity contribution in [3.05, 3.63) is 47.0 Å². The van der Waals surface area contributed by atoms with Crippen molar-refractivity contribution in [3.63, 3.8) is 0 Å². The molecule has 0 radical (unpaired) electrons. The van der Waals surface area contributed by atoms with Crippen LogP contribution in [0.15, 0.2) is 30.5 Å². The Kier molecular flexibility index (Phi) is 3.13. The third-order valence-electron chi connectivity index (χ3n) is 3.93. The molecule has 118 valence electrons. The SMILES string of the molecule is CC(F)(F)c1cccc(-n2nc(C3CC3)c3cnc(Cl)cc32)n1. The average molecular weight is 335 g/mol. The number of rotatable bonds is 3. The van der Waals surface area contributed by atoms with Crippen LogP contribution in [0.1, 0.15) is 37.1 Å². The minimum atomic E-state index is -3.00. The van der Waals surface area contributed by atoms with E-state index in [0.29, 0.717) is 16.9 Å². The van der Waals surface area contributed by atoms with Crippen molar-refractivity contribution in [2.24, 2.45) is 0 Å². The van der Waals surface area contributed by atoms with E-state index < -0.39 is 5.92 Å². The number of alkyl halides is 2. The van der Waals surface area contributed by atoms with Crippen LogP contribution in [0, 0.1) is 0 Å². The van der Waals surface area contributed by atoms with Crippen molar-refractivity contribution < 1.29 is 8.78 Å². The second-order valence-corrected chi connectivity index (χ2v) is 6.25. The first-order valence-electron chi connectivity index (χ1n) is 7.33. The number of hydrogen-bond donors (Lipinski definition) is 0. The van der Waals surface area contributed by atoms with E-state index in [2.05, 4.69) is 15.1 Å². The maximum absolute atomic E-state index is 13.5. The lowest BCUT2D eigenvalue weighted by molar-refractivity contribution is 0.0127. The van der Waals surface area contributed by atoms with Gasteiger partial charge in [-0.25, -0.2) is 14.6 Å². The van der Waals surface area contributed by atoms with Crippen LogP contribution < -0.4 is 0 Å². The normalized spacial score (nSPS) is 15.3. The molecule has 1 aliphatic carbocycles. The third kappa shape index (κ3) is 2.57. The van der Waals surface area contributed by atoms with Crippen molar-refractivity contribution in [1.29, 1.82) is 0 Å². The van der Waals surface area contributed by atoms with Crippen LogP contribution in [0.5, 0.6) is 0 Å². The lowest BCUT2D eigenvalue weighted by Crippen LogP contribution is -2.12. The van der Waals surface area contributed by atoms with Gasteiger partial charge < -0.3 is 0 Å². The number of nitrogens with zero attached hydrogens (tertiary/aromatic N) is 4. The van der Waals surface area contributed by atoms with E-state index in [0.717, 1.165) is 36.4 Å². The summed E-state index contributed by atoms with van der Waals surface area (Å²) in [5.41, 5.74) is 1.38. The fraction of sp³-hybridized carbons (Fsp3) is 0.312. The second kappa shape index (κ2) is 4.96. The van der Waals surface area contributed by atoms with Crippen LogP contribution in [0.4, 0.5) is 8.78 Å². The van der Waals surface area contributed by atoms with Crippen molar-refractivity contribution in [1.82, 2.24) is 19.7 Å². The number of hydrogen-bond acceptors (Lipinski definition) is 3. The van der Waals surface area contributed by atoms with Crippen molar-refractivity contribution >= 4 is 22.5 Å². The Labute approximate surface area is 136 Å². The molecular formula is C16H13ClF2N4. The highest BCUT2D eigenvalue weighted by Crippen LogP contribution is 2.43. The third-order valence-corrected chi connectivity index (χ3v) is 4.13. The highest BCUT2D eigenvalue weighted by atomic mass is 35.5. The topological polar surface area (TPSA) is 43.6 Å². The summed E-state index contributed by atoms with van der Waals surface area (Å²) in [5.74, 6) is -2.25. The zero-order valence-corrected chi connectivity index (χ0v) is 13.1. The van der Waals surface area contributed by atoms with Crippen LogP contribution in [0.2, 0.25) is 5.15 Å². The van der Waals surface area contributed by atoms with Gasteiger partial charge in [-0.1, -0.05) is 17.7 Å². The largest absolute Gasteiger partial charge is 0.287 e. The average Bonchev–Trinajstić information content (AvgIpc) is 3.28. The van der Waals surface area contributed by atoms with Gasteiger partial charge in [-0.05, 0) is 25.0 Å². The van der Waals surface area contributed by atoms with Crippen molar-refractivity contribution in [2.75, 3.05) is 0 Å². The first kappa shape index (κ1) is 14.5. The Hall–Kier alpha value is -2.08. The maximum atomic E-state index is 13.5. The maximum Gasteiger partial charge on any atom is 0.287 e. The minimum Gasteiger partial charge on any atom is -0.244 e. The number of fused-ring (bicyclic) bond motifs is 1. The van der Waals surface area contributed by atoms with Crippen molar-refractivity contribution in [3.8, 4) is 5.82 Å². The molecule has 0 N–H and O–H groups in total. The molecule has 3 aromatic heterocycles. The molecular weight excluding hydrogens is 322 g/mol. The zero-order valence-electron chi connectivity index (χ0n) is 12.3. The summed E-state index contributed by atoms with van der Waals surface area (Å²) in [6.07, 6.45) is 3.84. The Morgan fingerprint density at radius 3 is 2.78 bits per heavy atom. The molecule has 0 aromatic carbocycles. The van der Waals surface area contributed by atoms with Gasteiger partial charge >= 0.3 is 0 Å². The van der Waals surface area contributed by atoms with Crippen LogP contribution in [0.25, 0.3) is 16.7 Å². The lowest BCUT2D eigenvalue weighted by atomic mass is 10.2. The quantitative estimate of drug-likeness (QED) is 0.664. The molecule has 7 heteroatoms. The van der Waals surface area contributed by atoms with Gasteiger partial charge in [0, 0.05) is 30.5 Å². The van der Waals surface area contributed by atoms with Crippen LogP contribution in [-0.4, -0.2) is 19.7 Å². The molecule has 0 unspecified atom stereocenters. The Morgan fingerprint density at radius 2 is 2.09 bits per heavy atom. The number of halogens is 3. The van der Waals surface area contributed by atoms with Gasteiger partial charge in [0.15, 0.2) is 5.82 Å². The minimum absolute atomic E-state index is 0.285. The summed E-state index contributed by atoms with van der Waals surface area (Å²) < 4.78 is 28.7. The summed E-state index contributed by atoms with van der Waals surface area (Å²) in [6, 6.07) is 6.22. The monoisotopic (exact) mass is 334 g/mol. The fourth-order valence-corrected chi connectivity index (χ4v) is 2.78. The molecule has 1 aliphatic rings. The number of pyridine rings is 2. The molecule has 3 heterocycles. The van der Waals surface area contributed by atoms with E-state index in [1.165, 1.54) is 6.07 Å². The Balaban J connectivity index is 1.93. The van der Waals surface area contributed by atoms with Gasteiger partial charge in [-0.3, -0.25) is 0 Å². The van der Waals surface area contributed by atoms with E-state index in [4.69, 9.17) is 11.6 Å². The van der Waals surface area contributed by atoms with E-state index in [1.54, 1.807) is 29.1 Å². The molecule has 0 amide bonds. The van der Waals surface area contributed by atoms with Gasteiger partial charge in [0.1, 0.15) is 10.8 Å². The predicted octanol–water partition coefficient (Wildman–Crippen LogP) is 4.46. The molecule has 23 heavy (non-hydrogen) atoms. The van der Waals surface area contributed by atoms with Crippen LogP contribution >= 0.6 is 11.6 Å². The summed E-state index contributed by atoms with van der Waals surface area (Å²) in [5, 5.41) is 5.82. The van der Waals surface area contributed by atoms with Crippen LogP contribution in [0.3, 0.4) is 0 Å². The molecule has 0 bridgehead atoms. The highest BCUT2D eigenvalue weighted by molar-refractivity contribution is 6.30. The number of aromatic nitrogens is 4. The summed E-state index contributed by atoms with van der Waals surface area (Å²) in [6.45, 7) is 0.830. The second-order valence-electron chi connectivity index (χ2n) is 5.86.